The minimum Gasteiger partial charge on any atom is -0.292 e. The number of hydrogen-bond acceptors (Lipinski definition) is 6. The van der Waals surface area contributed by atoms with Gasteiger partial charge in [-0.3, -0.25) is 24.3 Å². The minimum absolute atomic E-state index is 0.00961. The molecular weight excluding hydrogens is 428 g/mol. The van der Waals surface area contributed by atoms with Crippen LogP contribution < -0.4 is 4.90 Å². The number of hydrogen-bond donors (Lipinski definition) is 0. The first-order valence-electron chi connectivity index (χ1n) is 9.61. The van der Waals surface area contributed by atoms with Crippen LogP contribution in [-0.2, 0) is 9.59 Å². The van der Waals surface area contributed by atoms with Gasteiger partial charge in [0.1, 0.15) is 10.8 Å². The van der Waals surface area contributed by atoms with E-state index in [1.54, 1.807) is 26.4 Å². The van der Waals surface area contributed by atoms with Gasteiger partial charge in [0, 0.05) is 36.4 Å². The van der Waals surface area contributed by atoms with Crippen molar-refractivity contribution in [2.75, 3.05) is 19.0 Å². The molecule has 31 heavy (non-hydrogen) atoms. The lowest BCUT2D eigenvalue weighted by Crippen LogP contribution is -2.41. The van der Waals surface area contributed by atoms with Crippen LogP contribution in [-0.4, -0.2) is 45.8 Å². The monoisotopic (exact) mass is 448 g/mol. The van der Waals surface area contributed by atoms with Gasteiger partial charge in [0.05, 0.1) is 6.42 Å². The van der Waals surface area contributed by atoms with Crippen LogP contribution in [0.1, 0.15) is 11.3 Å². The normalized spacial score (nSPS) is 16.1. The summed E-state index contributed by atoms with van der Waals surface area (Å²) >= 11 is 6.75. The SMILES string of the molecule is CN1C(=O)C/C(=C\c2ccc(N(c3ccccc3)c3ccccn3)s2)C(=O)N(C)C1=S. The summed E-state index contributed by atoms with van der Waals surface area (Å²) in [4.78, 5) is 35.3. The maximum Gasteiger partial charge on any atom is 0.256 e. The molecule has 0 N–H and O–H groups in total. The number of para-hydroxylation sites is 1. The second kappa shape index (κ2) is 8.79. The number of rotatable bonds is 4. The van der Waals surface area contributed by atoms with Crippen molar-refractivity contribution < 1.29 is 9.59 Å². The minimum atomic E-state index is -0.262. The number of likely N-dealkylation sites (N-methyl/N-ethyl adjacent to an activating group) is 1. The zero-order valence-corrected chi connectivity index (χ0v) is 18.7. The Morgan fingerprint density at radius 1 is 1.00 bits per heavy atom. The standard InChI is InChI=1S/C23H20N4O2S2/c1-25-20(28)15-16(22(29)26(2)23(25)30)14-18-11-12-21(31-18)27(17-8-4-3-5-9-17)19-10-6-7-13-24-19/h3-14H,15H2,1-2H3/b16-14+. The number of carbonyl (C=O) groups excluding carboxylic acids is 2. The van der Waals surface area contributed by atoms with E-state index in [2.05, 4.69) is 9.88 Å². The summed E-state index contributed by atoms with van der Waals surface area (Å²) in [6.45, 7) is 0. The van der Waals surface area contributed by atoms with Crippen molar-refractivity contribution in [1.29, 1.82) is 0 Å². The van der Waals surface area contributed by atoms with Crippen LogP contribution in [0, 0.1) is 0 Å². The first kappa shape index (κ1) is 20.9. The van der Waals surface area contributed by atoms with Gasteiger partial charge in [-0.1, -0.05) is 24.3 Å². The van der Waals surface area contributed by atoms with Crippen LogP contribution in [0.4, 0.5) is 16.5 Å². The molecule has 0 radical (unpaired) electrons. The van der Waals surface area contributed by atoms with Crippen molar-refractivity contribution in [1.82, 2.24) is 14.8 Å². The van der Waals surface area contributed by atoms with E-state index >= 15 is 0 Å². The molecule has 4 rings (SSSR count). The molecule has 0 unspecified atom stereocenters. The predicted octanol–water partition coefficient (Wildman–Crippen LogP) is 4.60. The summed E-state index contributed by atoms with van der Waals surface area (Å²) in [7, 11) is 3.18. The third-order valence-corrected chi connectivity index (χ3v) is 6.48. The number of anilines is 3. The Morgan fingerprint density at radius 3 is 2.45 bits per heavy atom. The maximum absolute atomic E-state index is 12.8. The van der Waals surface area contributed by atoms with E-state index < -0.39 is 0 Å². The van der Waals surface area contributed by atoms with Gasteiger partial charge in [-0.05, 0) is 54.7 Å². The number of aromatic nitrogens is 1. The highest BCUT2D eigenvalue weighted by Gasteiger charge is 2.30. The summed E-state index contributed by atoms with van der Waals surface area (Å²) in [6.07, 6.45) is 3.54. The second-order valence-electron chi connectivity index (χ2n) is 6.98. The third-order valence-electron chi connectivity index (χ3n) is 4.91. The van der Waals surface area contributed by atoms with Crippen LogP contribution >= 0.6 is 23.6 Å². The smallest absolute Gasteiger partial charge is 0.256 e. The van der Waals surface area contributed by atoms with Gasteiger partial charge < -0.3 is 0 Å². The van der Waals surface area contributed by atoms with E-state index in [0.29, 0.717) is 5.57 Å². The quantitative estimate of drug-likeness (QED) is 0.431. The molecule has 1 saturated heterocycles. The molecule has 1 aromatic carbocycles. The van der Waals surface area contributed by atoms with Gasteiger partial charge in [0.25, 0.3) is 5.91 Å². The van der Waals surface area contributed by atoms with E-state index in [1.165, 1.54) is 21.1 Å². The topological polar surface area (TPSA) is 56.8 Å². The lowest BCUT2D eigenvalue weighted by molar-refractivity contribution is -0.126. The Kier molecular flexibility index (Phi) is 5.92. The van der Waals surface area contributed by atoms with Gasteiger partial charge in [-0.2, -0.15) is 0 Å². The molecule has 2 aromatic heterocycles. The molecule has 1 aliphatic heterocycles. The number of amides is 2. The molecule has 156 valence electrons. The summed E-state index contributed by atoms with van der Waals surface area (Å²) in [6, 6.07) is 19.7. The molecule has 0 saturated carbocycles. The fourth-order valence-electron chi connectivity index (χ4n) is 3.25. The third kappa shape index (κ3) is 4.26. The lowest BCUT2D eigenvalue weighted by atomic mass is 10.1. The zero-order chi connectivity index (χ0) is 22.0. The van der Waals surface area contributed by atoms with E-state index in [4.69, 9.17) is 12.2 Å². The lowest BCUT2D eigenvalue weighted by Gasteiger charge is -2.22. The predicted molar refractivity (Wildman–Crippen MR) is 128 cm³/mol. The van der Waals surface area contributed by atoms with Crippen LogP contribution in [0.15, 0.2) is 72.4 Å². The average Bonchev–Trinajstić information content (AvgIpc) is 3.23. The van der Waals surface area contributed by atoms with Crippen LogP contribution in [0.25, 0.3) is 6.08 Å². The van der Waals surface area contributed by atoms with Gasteiger partial charge in [-0.25, -0.2) is 4.98 Å². The molecule has 0 spiro atoms. The summed E-state index contributed by atoms with van der Waals surface area (Å²) in [5.74, 6) is 0.328. The molecular formula is C23H20N4O2S2. The van der Waals surface area contributed by atoms with E-state index in [9.17, 15) is 9.59 Å². The van der Waals surface area contributed by atoms with Crippen molar-refractivity contribution in [3.63, 3.8) is 0 Å². The van der Waals surface area contributed by atoms with Crippen molar-refractivity contribution in [2.45, 2.75) is 6.42 Å². The van der Waals surface area contributed by atoms with Crippen LogP contribution in [0.5, 0.6) is 0 Å². The number of carbonyl (C=O) groups is 2. The van der Waals surface area contributed by atoms with Gasteiger partial charge >= 0.3 is 0 Å². The molecule has 0 atom stereocenters. The Balaban J connectivity index is 1.71. The fourth-order valence-corrected chi connectivity index (χ4v) is 4.44. The van der Waals surface area contributed by atoms with Gasteiger partial charge in [0.15, 0.2) is 5.11 Å². The largest absolute Gasteiger partial charge is 0.292 e. The number of pyridine rings is 1. The van der Waals surface area contributed by atoms with E-state index in [0.717, 1.165) is 21.4 Å². The average molecular weight is 449 g/mol. The fraction of sp³-hybridized carbons (Fsp3) is 0.130. The highest BCUT2D eigenvalue weighted by molar-refractivity contribution is 7.80. The van der Waals surface area contributed by atoms with Crippen molar-refractivity contribution >= 4 is 63.1 Å². The molecule has 6 nitrogen and oxygen atoms in total. The molecule has 2 amide bonds. The van der Waals surface area contributed by atoms with Crippen LogP contribution in [0.2, 0.25) is 0 Å². The molecule has 1 fully saturated rings. The van der Waals surface area contributed by atoms with Crippen LogP contribution in [0.3, 0.4) is 0 Å². The van der Waals surface area contributed by atoms with E-state index in [-0.39, 0.29) is 23.3 Å². The molecule has 3 heterocycles. The molecule has 1 aliphatic rings. The summed E-state index contributed by atoms with van der Waals surface area (Å²) in [5, 5.41) is 1.15. The molecule has 3 aromatic rings. The first-order valence-corrected chi connectivity index (χ1v) is 10.8. The maximum atomic E-state index is 12.8. The second-order valence-corrected chi connectivity index (χ2v) is 8.44. The van der Waals surface area contributed by atoms with Crippen molar-refractivity contribution in [3.8, 4) is 0 Å². The highest BCUT2D eigenvalue weighted by Crippen LogP contribution is 2.38. The highest BCUT2D eigenvalue weighted by atomic mass is 32.1. The Morgan fingerprint density at radius 2 is 1.74 bits per heavy atom. The summed E-state index contributed by atoms with van der Waals surface area (Å²) < 4.78 is 0. The van der Waals surface area contributed by atoms with Gasteiger partial charge in [-0.15, -0.1) is 11.3 Å². The summed E-state index contributed by atoms with van der Waals surface area (Å²) in [5.41, 5.74) is 1.39. The zero-order valence-electron chi connectivity index (χ0n) is 17.1. The van der Waals surface area contributed by atoms with E-state index in [1.807, 2.05) is 60.7 Å². The number of thiophene rings is 1. The first-order chi connectivity index (χ1) is 15.0. The number of thiocarbonyl (C=S) groups is 1. The molecule has 0 aliphatic carbocycles. The van der Waals surface area contributed by atoms with Crippen molar-refractivity contribution in [2.24, 2.45) is 0 Å². The molecule has 0 bridgehead atoms. The Bertz CT molecular complexity index is 1120. The Labute approximate surface area is 190 Å². The van der Waals surface area contributed by atoms with Gasteiger partial charge in [0.2, 0.25) is 5.91 Å². The molecule has 8 heteroatoms. The van der Waals surface area contributed by atoms with Crippen molar-refractivity contribution in [3.05, 3.63) is 77.3 Å². The number of benzene rings is 1. The Hall–Kier alpha value is -3.36. The number of nitrogens with zero attached hydrogens (tertiary/aromatic N) is 4.